The molecule has 2 N–H and O–H groups in total. The molecular weight excluding hydrogens is 421 g/mol. The second kappa shape index (κ2) is 6.84. The summed E-state index contributed by atoms with van der Waals surface area (Å²) in [4.78, 5) is 11.3. The standard InChI is InChI=1S/C18H15F3N6S2/c19-18(20,21)9-5-6-13-25-26-17(27(13)7-9)28-8-12-23-15(22)14-10-3-1-2-4-11(10)29-16(14)24-12/h5-7H,1-4,8H2,(H2,22,23,24). The Hall–Kier alpha value is -2.40. The molecule has 29 heavy (non-hydrogen) atoms. The van der Waals surface area contributed by atoms with Gasteiger partial charge in [-0.05, 0) is 43.4 Å². The fourth-order valence-corrected chi connectivity index (χ4v) is 5.62. The van der Waals surface area contributed by atoms with Crippen LogP contribution in [-0.2, 0) is 24.8 Å². The first-order valence-corrected chi connectivity index (χ1v) is 10.8. The highest BCUT2D eigenvalue weighted by atomic mass is 32.2. The summed E-state index contributed by atoms with van der Waals surface area (Å²) in [5.74, 6) is 1.33. The minimum atomic E-state index is -4.43. The lowest BCUT2D eigenvalue weighted by atomic mass is 9.97. The number of halogens is 3. The molecule has 150 valence electrons. The van der Waals surface area contributed by atoms with Crippen molar-refractivity contribution >= 4 is 44.8 Å². The minimum Gasteiger partial charge on any atom is -0.383 e. The molecule has 0 fully saturated rings. The van der Waals surface area contributed by atoms with Gasteiger partial charge in [-0.15, -0.1) is 21.5 Å². The number of rotatable bonds is 3. The van der Waals surface area contributed by atoms with E-state index >= 15 is 0 Å². The second-order valence-electron chi connectivity index (χ2n) is 6.83. The molecule has 0 spiro atoms. The molecule has 0 atom stereocenters. The van der Waals surface area contributed by atoms with Crippen molar-refractivity contribution in [2.24, 2.45) is 0 Å². The normalized spacial score (nSPS) is 14.6. The number of nitrogen functional groups attached to an aromatic ring is 1. The molecule has 0 saturated heterocycles. The Bertz CT molecular complexity index is 1230. The van der Waals surface area contributed by atoms with Crippen LogP contribution in [0.15, 0.2) is 23.5 Å². The van der Waals surface area contributed by atoms with Crippen molar-refractivity contribution in [3.05, 3.63) is 40.2 Å². The van der Waals surface area contributed by atoms with E-state index in [0.717, 1.165) is 41.7 Å². The van der Waals surface area contributed by atoms with Crippen molar-refractivity contribution in [1.29, 1.82) is 0 Å². The van der Waals surface area contributed by atoms with E-state index in [1.165, 1.54) is 39.1 Å². The van der Waals surface area contributed by atoms with Crippen LogP contribution in [0.25, 0.3) is 15.9 Å². The average molecular weight is 436 g/mol. The topological polar surface area (TPSA) is 82.0 Å². The number of aryl methyl sites for hydroxylation is 2. The van der Waals surface area contributed by atoms with Crippen molar-refractivity contribution in [2.75, 3.05) is 5.73 Å². The number of pyridine rings is 1. The SMILES string of the molecule is Nc1nc(CSc2nnc3ccc(C(F)(F)F)cn23)nc2sc3c(c12)CCCC3. The summed E-state index contributed by atoms with van der Waals surface area (Å²) < 4.78 is 40.3. The zero-order chi connectivity index (χ0) is 20.2. The molecule has 0 bridgehead atoms. The van der Waals surface area contributed by atoms with E-state index in [9.17, 15) is 13.2 Å². The number of hydrogen-bond donors (Lipinski definition) is 1. The van der Waals surface area contributed by atoms with Crippen molar-refractivity contribution < 1.29 is 13.2 Å². The average Bonchev–Trinajstić information content (AvgIpc) is 3.26. The van der Waals surface area contributed by atoms with E-state index in [1.807, 2.05) is 0 Å². The summed E-state index contributed by atoms with van der Waals surface area (Å²) in [7, 11) is 0. The largest absolute Gasteiger partial charge is 0.417 e. The molecule has 0 unspecified atom stereocenters. The molecule has 4 aromatic rings. The molecule has 11 heteroatoms. The van der Waals surface area contributed by atoms with Crippen molar-refractivity contribution in [1.82, 2.24) is 24.6 Å². The van der Waals surface area contributed by atoms with Gasteiger partial charge < -0.3 is 5.73 Å². The first-order valence-electron chi connectivity index (χ1n) is 9.01. The highest BCUT2D eigenvalue weighted by molar-refractivity contribution is 7.98. The van der Waals surface area contributed by atoms with Crippen LogP contribution < -0.4 is 5.73 Å². The predicted molar refractivity (Wildman–Crippen MR) is 106 cm³/mol. The van der Waals surface area contributed by atoms with E-state index in [2.05, 4.69) is 20.2 Å². The van der Waals surface area contributed by atoms with Crippen LogP contribution in [0.1, 0.15) is 34.7 Å². The summed E-state index contributed by atoms with van der Waals surface area (Å²) in [6.45, 7) is 0. The van der Waals surface area contributed by atoms with Crippen LogP contribution in [0.4, 0.5) is 19.0 Å². The molecule has 4 aromatic heterocycles. The van der Waals surface area contributed by atoms with E-state index < -0.39 is 11.7 Å². The lowest BCUT2D eigenvalue weighted by Crippen LogP contribution is -2.06. The van der Waals surface area contributed by atoms with Gasteiger partial charge in [0.15, 0.2) is 10.8 Å². The van der Waals surface area contributed by atoms with Crippen LogP contribution >= 0.6 is 23.1 Å². The third-order valence-corrected chi connectivity index (χ3v) is 7.04. The monoisotopic (exact) mass is 436 g/mol. The first-order chi connectivity index (χ1) is 13.9. The number of fused-ring (bicyclic) bond motifs is 4. The van der Waals surface area contributed by atoms with E-state index in [0.29, 0.717) is 28.2 Å². The third-order valence-electron chi connectivity index (χ3n) is 4.92. The van der Waals surface area contributed by atoms with Crippen LogP contribution in [0.3, 0.4) is 0 Å². The lowest BCUT2D eigenvalue weighted by Gasteiger charge is -2.10. The van der Waals surface area contributed by atoms with E-state index in [-0.39, 0.29) is 0 Å². The predicted octanol–water partition coefficient (Wildman–Crippen LogP) is 4.51. The number of alkyl halides is 3. The van der Waals surface area contributed by atoms with Gasteiger partial charge in [-0.3, -0.25) is 4.40 Å². The number of anilines is 1. The van der Waals surface area contributed by atoms with Crippen LogP contribution in [0.2, 0.25) is 0 Å². The first kappa shape index (κ1) is 18.6. The molecular formula is C18H15F3N6S2. The number of nitrogens with two attached hydrogens (primary N) is 1. The number of nitrogens with zero attached hydrogens (tertiary/aromatic N) is 5. The van der Waals surface area contributed by atoms with Gasteiger partial charge in [0, 0.05) is 11.1 Å². The second-order valence-corrected chi connectivity index (χ2v) is 8.86. The van der Waals surface area contributed by atoms with Gasteiger partial charge in [0.05, 0.1) is 16.7 Å². The molecule has 0 radical (unpaired) electrons. The quantitative estimate of drug-likeness (QED) is 0.476. The summed E-state index contributed by atoms with van der Waals surface area (Å²) in [6, 6.07) is 2.30. The van der Waals surface area contributed by atoms with Crippen LogP contribution in [-0.4, -0.2) is 24.6 Å². The zero-order valence-corrected chi connectivity index (χ0v) is 16.7. The van der Waals surface area contributed by atoms with Gasteiger partial charge in [-0.2, -0.15) is 13.2 Å². The molecule has 0 amide bonds. The van der Waals surface area contributed by atoms with Crippen LogP contribution in [0.5, 0.6) is 0 Å². The summed E-state index contributed by atoms with van der Waals surface area (Å²) in [5, 5.41) is 9.23. The Morgan fingerprint density at radius 1 is 1.14 bits per heavy atom. The van der Waals surface area contributed by atoms with E-state index in [4.69, 9.17) is 5.73 Å². The zero-order valence-electron chi connectivity index (χ0n) is 15.0. The highest BCUT2D eigenvalue weighted by Crippen LogP contribution is 2.38. The number of hydrogen-bond acceptors (Lipinski definition) is 7. The summed E-state index contributed by atoms with van der Waals surface area (Å²) >= 11 is 2.89. The smallest absolute Gasteiger partial charge is 0.383 e. The van der Waals surface area contributed by atoms with Crippen molar-refractivity contribution in [2.45, 2.75) is 42.8 Å². The minimum absolute atomic E-state index is 0.333. The van der Waals surface area contributed by atoms with Crippen molar-refractivity contribution in [3.8, 4) is 0 Å². The summed E-state index contributed by atoms with van der Waals surface area (Å²) in [6.07, 6.45) is 0.952. The maximum Gasteiger partial charge on any atom is 0.417 e. The maximum atomic E-state index is 13.0. The highest BCUT2D eigenvalue weighted by Gasteiger charge is 2.31. The van der Waals surface area contributed by atoms with Gasteiger partial charge in [0.1, 0.15) is 16.5 Å². The molecule has 0 saturated carbocycles. The Kier molecular flexibility index (Phi) is 4.39. The van der Waals surface area contributed by atoms with Crippen molar-refractivity contribution in [3.63, 3.8) is 0 Å². The van der Waals surface area contributed by atoms with E-state index in [1.54, 1.807) is 11.3 Å². The number of thiophene rings is 1. The molecule has 6 nitrogen and oxygen atoms in total. The van der Waals surface area contributed by atoms with Gasteiger partial charge in [-0.25, -0.2) is 9.97 Å². The number of thioether (sulfide) groups is 1. The van der Waals surface area contributed by atoms with Crippen LogP contribution in [0, 0.1) is 0 Å². The molecule has 0 aromatic carbocycles. The lowest BCUT2D eigenvalue weighted by molar-refractivity contribution is -0.137. The molecule has 1 aliphatic carbocycles. The summed E-state index contributed by atoms with van der Waals surface area (Å²) in [5.41, 5.74) is 7.09. The van der Waals surface area contributed by atoms with Gasteiger partial charge >= 0.3 is 6.18 Å². The number of aromatic nitrogens is 5. The van der Waals surface area contributed by atoms with Gasteiger partial charge in [0.2, 0.25) is 0 Å². The molecule has 1 aliphatic rings. The Balaban J connectivity index is 1.45. The van der Waals surface area contributed by atoms with Gasteiger partial charge in [-0.1, -0.05) is 11.8 Å². The fourth-order valence-electron chi connectivity index (χ4n) is 3.56. The fraction of sp³-hybridized carbons (Fsp3) is 0.333. The Labute approximate surface area is 171 Å². The Morgan fingerprint density at radius 3 is 2.79 bits per heavy atom. The van der Waals surface area contributed by atoms with Gasteiger partial charge in [0.25, 0.3) is 0 Å². The molecule has 0 aliphatic heterocycles. The molecule has 4 heterocycles. The maximum absolute atomic E-state index is 13.0. The Morgan fingerprint density at radius 2 is 1.97 bits per heavy atom. The molecule has 5 rings (SSSR count). The third kappa shape index (κ3) is 3.31.